The van der Waals surface area contributed by atoms with Crippen LogP contribution in [0.2, 0.25) is 0 Å². The quantitative estimate of drug-likeness (QED) is 0.311. The van der Waals surface area contributed by atoms with Crippen LogP contribution in [0, 0.1) is 13.8 Å². The average molecular weight is 536 g/mol. The summed E-state index contributed by atoms with van der Waals surface area (Å²) in [6.45, 7) is 6.73. The highest BCUT2D eigenvalue weighted by molar-refractivity contribution is 8.18. The molecule has 0 spiro atoms. The van der Waals surface area contributed by atoms with Gasteiger partial charge in [0.1, 0.15) is 0 Å². The predicted octanol–water partition coefficient (Wildman–Crippen LogP) is 7.60. The third kappa shape index (κ3) is 6.29. The van der Waals surface area contributed by atoms with Crippen LogP contribution >= 0.6 is 35.9 Å². The summed E-state index contributed by atoms with van der Waals surface area (Å²) in [5, 5.41) is 0. The number of hydrogen-bond acceptors (Lipinski definition) is 5. The standard InChI is InChI=1S/C29H41NO2S2.ClH/c1-22-9-10-25(19-23(22)2)29(33-17-8-18-34-29)15-7-16-30(3)21-28(13-6-14-28)24-11-12-26(31-4)27(20-24)32-5;/h9-12,19-20H,6-8,13-18,21H2,1-5H3;1H. The summed E-state index contributed by atoms with van der Waals surface area (Å²) in [5.74, 6) is 4.21. The first-order valence-electron chi connectivity index (χ1n) is 12.7. The van der Waals surface area contributed by atoms with E-state index in [4.69, 9.17) is 9.47 Å². The Hall–Kier alpha value is -1.01. The number of likely N-dealkylation sites (N-methyl/N-ethyl adjacent to an activating group) is 1. The molecule has 3 nitrogen and oxygen atoms in total. The molecule has 2 fully saturated rings. The summed E-state index contributed by atoms with van der Waals surface area (Å²) < 4.78 is 11.3. The van der Waals surface area contributed by atoms with Crippen LogP contribution in [0.15, 0.2) is 36.4 Å². The molecule has 194 valence electrons. The van der Waals surface area contributed by atoms with Crippen LogP contribution in [-0.2, 0) is 9.49 Å². The van der Waals surface area contributed by atoms with Crippen molar-refractivity contribution in [3.8, 4) is 11.5 Å². The molecular weight excluding hydrogens is 494 g/mol. The van der Waals surface area contributed by atoms with Crippen molar-refractivity contribution in [1.82, 2.24) is 4.90 Å². The third-order valence-electron chi connectivity index (χ3n) is 7.83. The largest absolute Gasteiger partial charge is 0.493 e. The Morgan fingerprint density at radius 1 is 0.857 bits per heavy atom. The van der Waals surface area contributed by atoms with Gasteiger partial charge in [0, 0.05) is 12.0 Å². The van der Waals surface area contributed by atoms with Gasteiger partial charge < -0.3 is 14.4 Å². The fourth-order valence-electron chi connectivity index (χ4n) is 5.49. The van der Waals surface area contributed by atoms with E-state index in [0.717, 1.165) is 24.6 Å². The van der Waals surface area contributed by atoms with Crippen LogP contribution in [0.4, 0.5) is 0 Å². The van der Waals surface area contributed by atoms with Crippen LogP contribution in [-0.4, -0.2) is 50.8 Å². The van der Waals surface area contributed by atoms with Crippen molar-refractivity contribution in [2.24, 2.45) is 0 Å². The maximum atomic E-state index is 5.60. The van der Waals surface area contributed by atoms with E-state index in [0.29, 0.717) is 0 Å². The molecule has 1 saturated heterocycles. The van der Waals surface area contributed by atoms with Gasteiger partial charge in [-0.1, -0.05) is 30.7 Å². The number of aryl methyl sites for hydroxylation is 2. The Kier molecular flexibility index (Phi) is 10.2. The molecule has 1 saturated carbocycles. The van der Waals surface area contributed by atoms with Gasteiger partial charge >= 0.3 is 0 Å². The molecule has 2 aromatic carbocycles. The average Bonchev–Trinajstić information content (AvgIpc) is 2.83. The van der Waals surface area contributed by atoms with Gasteiger partial charge in [-0.25, -0.2) is 0 Å². The van der Waals surface area contributed by atoms with Crippen molar-refractivity contribution in [2.45, 2.75) is 61.9 Å². The minimum Gasteiger partial charge on any atom is -0.493 e. The van der Waals surface area contributed by atoms with Crippen LogP contribution in [0.3, 0.4) is 0 Å². The summed E-state index contributed by atoms with van der Waals surface area (Å²) in [7, 11) is 5.75. The minimum atomic E-state index is 0. The molecular formula is C29H42ClNO2S2. The van der Waals surface area contributed by atoms with E-state index >= 15 is 0 Å². The van der Waals surface area contributed by atoms with Crippen molar-refractivity contribution in [1.29, 1.82) is 0 Å². The van der Waals surface area contributed by atoms with Gasteiger partial charge in [-0.3, -0.25) is 0 Å². The predicted molar refractivity (Wildman–Crippen MR) is 156 cm³/mol. The molecule has 0 amide bonds. The molecule has 1 heterocycles. The Bertz CT molecular complexity index is 973. The van der Waals surface area contributed by atoms with Crippen molar-refractivity contribution < 1.29 is 9.47 Å². The van der Waals surface area contributed by atoms with Crippen LogP contribution in [0.5, 0.6) is 11.5 Å². The zero-order valence-corrected chi connectivity index (χ0v) is 24.5. The van der Waals surface area contributed by atoms with Crippen molar-refractivity contribution in [3.05, 3.63) is 58.7 Å². The molecule has 1 aliphatic heterocycles. The Labute approximate surface area is 227 Å². The van der Waals surface area contributed by atoms with Crippen LogP contribution in [0.25, 0.3) is 0 Å². The number of rotatable bonds is 10. The van der Waals surface area contributed by atoms with E-state index < -0.39 is 0 Å². The summed E-state index contributed by atoms with van der Waals surface area (Å²) in [6, 6.07) is 13.7. The SMILES string of the molecule is COc1ccc(C2(CN(C)CCCC3(c4ccc(C)c(C)c4)SCCCS3)CCC2)cc1OC.Cl. The maximum Gasteiger partial charge on any atom is 0.161 e. The van der Waals surface area contributed by atoms with E-state index in [-0.39, 0.29) is 21.9 Å². The third-order valence-corrected chi connectivity index (χ3v) is 11.3. The second kappa shape index (κ2) is 12.5. The first kappa shape index (κ1) is 28.6. The fourth-order valence-corrected chi connectivity index (χ4v) is 8.91. The van der Waals surface area contributed by atoms with Crippen molar-refractivity contribution in [3.63, 3.8) is 0 Å². The minimum absolute atomic E-state index is 0. The number of ether oxygens (including phenoxy) is 2. The molecule has 2 aliphatic rings. The number of hydrogen-bond donors (Lipinski definition) is 0. The molecule has 35 heavy (non-hydrogen) atoms. The second-order valence-electron chi connectivity index (χ2n) is 10.1. The number of methoxy groups -OCH3 is 2. The molecule has 1 aliphatic carbocycles. The van der Waals surface area contributed by atoms with Crippen LogP contribution < -0.4 is 9.47 Å². The van der Waals surface area contributed by atoms with Gasteiger partial charge in [0.25, 0.3) is 0 Å². The molecule has 0 bridgehead atoms. The zero-order chi connectivity index (χ0) is 24.2. The summed E-state index contributed by atoms with van der Waals surface area (Å²) in [6.07, 6.45) is 7.61. The molecule has 0 atom stereocenters. The van der Waals surface area contributed by atoms with E-state index in [9.17, 15) is 0 Å². The molecule has 6 heteroatoms. The summed E-state index contributed by atoms with van der Waals surface area (Å²) in [5.41, 5.74) is 5.98. The van der Waals surface area contributed by atoms with Gasteiger partial charge in [-0.15, -0.1) is 35.9 Å². The summed E-state index contributed by atoms with van der Waals surface area (Å²) in [4.78, 5) is 2.57. The van der Waals surface area contributed by atoms with E-state index in [1.807, 2.05) is 0 Å². The topological polar surface area (TPSA) is 21.7 Å². The van der Waals surface area contributed by atoms with Gasteiger partial charge in [-0.2, -0.15) is 0 Å². The Balaban J connectivity index is 0.00000342. The smallest absolute Gasteiger partial charge is 0.161 e. The van der Waals surface area contributed by atoms with Gasteiger partial charge in [0.05, 0.1) is 18.3 Å². The highest BCUT2D eigenvalue weighted by atomic mass is 35.5. The number of halogens is 1. The van der Waals surface area contributed by atoms with Crippen molar-refractivity contribution >= 4 is 35.9 Å². The number of benzene rings is 2. The first-order chi connectivity index (χ1) is 16.4. The zero-order valence-electron chi connectivity index (χ0n) is 22.0. The van der Waals surface area contributed by atoms with E-state index in [2.05, 4.69) is 85.7 Å². The molecule has 0 unspecified atom stereocenters. The molecule has 4 rings (SSSR count). The lowest BCUT2D eigenvalue weighted by Crippen LogP contribution is -2.44. The monoisotopic (exact) mass is 535 g/mol. The van der Waals surface area contributed by atoms with Gasteiger partial charge in [-0.05, 0) is 105 Å². The fraction of sp³-hybridized carbons (Fsp3) is 0.586. The van der Waals surface area contributed by atoms with E-state index in [1.54, 1.807) is 14.2 Å². The lowest BCUT2D eigenvalue weighted by atomic mass is 9.64. The van der Waals surface area contributed by atoms with Gasteiger partial charge in [0.2, 0.25) is 0 Å². The second-order valence-corrected chi connectivity index (χ2v) is 13.2. The lowest BCUT2D eigenvalue weighted by molar-refractivity contribution is 0.157. The lowest BCUT2D eigenvalue weighted by Gasteiger charge is -2.45. The summed E-state index contributed by atoms with van der Waals surface area (Å²) >= 11 is 4.36. The molecule has 2 aromatic rings. The van der Waals surface area contributed by atoms with Crippen molar-refractivity contribution in [2.75, 3.05) is 45.9 Å². The van der Waals surface area contributed by atoms with Gasteiger partial charge in [0.15, 0.2) is 11.5 Å². The first-order valence-corrected chi connectivity index (χ1v) is 14.7. The maximum absolute atomic E-state index is 5.60. The normalized spacial score (nSPS) is 18.5. The van der Waals surface area contributed by atoms with E-state index in [1.165, 1.54) is 72.3 Å². The highest BCUT2D eigenvalue weighted by Gasteiger charge is 2.40. The molecule has 0 aromatic heterocycles. The Morgan fingerprint density at radius 2 is 1.54 bits per heavy atom. The Morgan fingerprint density at radius 3 is 2.14 bits per heavy atom. The molecule has 0 N–H and O–H groups in total. The number of thioether (sulfide) groups is 2. The highest BCUT2D eigenvalue weighted by Crippen LogP contribution is 2.53. The number of nitrogens with zero attached hydrogens (tertiary/aromatic N) is 1. The molecule has 0 radical (unpaired) electrons. The van der Waals surface area contributed by atoms with Crippen LogP contribution in [0.1, 0.15) is 60.8 Å².